The number of hydrogen-bond donors (Lipinski definition) is 1. The van der Waals surface area contributed by atoms with Crippen molar-refractivity contribution in [3.8, 4) is 5.75 Å². The second kappa shape index (κ2) is 7.27. The highest BCUT2D eigenvalue weighted by Crippen LogP contribution is 2.18. The Hall–Kier alpha value is -1.10. The third kappa shape index (κ3) is 4.73. The van der Waals surface area contributed by atoms with Gasteiger partial charge in [0.15, 0.2) is 0 Å². The van der Waals surface area contributed by atoms with E-state index >= 15 is 0 Å². The van der Waals surface area contributed by atoms with E-state index in [4.69, 9.17) is 9.47 Å². The van der Waals surface area contributed by atoms with Gasteiger partial charge in [0.1, 0.15) is 5.75 Å². The normalized spacial score (nSPS) is 12.8. The topological polar surface area (TPSA) is 41.9 Å². The Morgan fingerprint density at radius 1 is 1.29 bits per heavy atom. The lowest BCUT2D eigenvalue weighted by Crippen LogP contribution is -2.31. The van der Waals surface area contributed by atoms with Gasteiger partial charge in [0, 0.05) is 25.8 Å². The quantitative estimate of drug-likeness (QED) is 0.774. The van der Waals surface area contributed by atoms with Crippen LogP contribution >= 0.6 is 0 Å². The van der Waals surface area contributed by atoms with Crippen LogP contribution in [0.5, 0.6) is 5.75 Å². The molecular weight excluding hydrogens is 218 g/mol. The van der Waals surface area contributed by atoms with E-state index in [1.54, 1.807) is 14.2 Å². The Bertz CT molecular complexity index is 330. The molecule has 0 aliphatic heterocycles. The van der Waals surface area contributed by atoms with Gasteiger partial charge in [-0.3, -0.25) is 4.90 Å². The molecule has 0 saturated carbocycles. The van der Waals surface area contributed by atoms with Crippen LogP contribution in [0, 0.1) is 0 Å². The molecule has 1 aromatic rings. The summed E-state index contributed by atoms with van der Waals surface area (Å²) in [7, 11) is 5.22. The van der Waals surface area contributed by atoms with Gasteiger partial charge in [-0.15, -0.1) is 0 Å². The van der Waals surface area contributed by atoms with Crippen LogP contribution in [0.4, 0.5) is 0 Å². The summed E-state index contributed by atoms with van der Waals surface area (Å²) in [5.41, 5.74) is 1.11. The molecule has 1 unspecified atom stereocenters. The van der Waals surface area contributed by atoms with Crippen molar-refractivity contribution in [3.63, 3.8) is 0 Å². The van der Waals surface area contributed by atoms with Crippen LogP contribution in [-0.2, 0) is 11.3 Å². The number of para-hydroxylation sites is 1. The lowest BCUT2D eigenvalue weighted by molar-refractivity contribution is 0.0417. The van der Waals surface area contributed by atoms with E-state index in [9.17, 15) is 5.11 Å². The van der Waals surface area contributed by atoms with Crippen LogP contribution in [0.25, 0.3) is 0 Å². The van der Waals surface area contributed by atoms with Crippen LogP contribution in [0.15, 0.2) is 24.3 Å². The van der Waals surface area contributed by atoms with E-state index in [1.807, 2.05) is 36.2 Å². The van der Waals surface area contributed by atoms with Gasteiger partial charge in [0.2, 0.25) is 0 Å². The standard InChI is InChI=1S/C13H21NO3/c1-14(9-12(15)10-16-2)8-11-6-4-5-7-13(11)17-3/h4-7,12,15H,8-10H2,1-3H3. The first-order chi connectivity index (χ1) is 8.17. The molecule has 4 heteroatoms. The molecule has 1 aromatic carbocycles. The molecule has 1 N–H and O–H groups in total. The summed E-state index contributed by atoms with van der Waals surface area (Å²) < 4.78 is 10.2. The zero-order chi connectivity index (χ0) is 12.7. The third-order valence-electron chi connectivity index (χ3n) is 2.51. The highest BCUT2D eigenvalue weighted by molar-refractivity contribution is 5.32. The molecule has 4 nitrogen and oxygen atoms in total. The molecular formula is C13H21NO3. The fourth-order valence-electron chi connectivity index (χ4n) is 1.79. The Morgan fingerprint density at radius 2 is 2.00 bits per heavy atom. The second-order valence-electron chi connectivity index (χ2n) is 4.12. The first-order valence-electron chi connectivity index (χ1n) is 5.64. The van der Waals surface area contributed by atoms with Crippen LogP contribution < -0.4 is 4.74 Å². The van der Waals surface area contributed by atoms with Gasteiger partial charge in [0.05, 0.1) is 19.8 Å². The first-order valence-corrected chi connectivity index (χ1v) is 5.64. The predicted octanol–water partition coefficient (Wildman–Crippen LogP) is 1.13. The molecule has 0 aromatic heterocycles. The molecule has 0 fully saturated rings. The van der Waals surface area contributed by atoms with Crippen molar-refractivity contribution in [1.29, 1.82) is 0 Å². The maximum absolute atomic E-state index is 9.63. The van der Waals surface area contributed by atoms with E-state index in [0.29, 0.717) is 13.2 Å². The zero-order valence-electron chi connectivity index (χ0n) is 10.7. The van der Waals surface area contributed by atoms with Gasteiger partial charge in [-0.1, -0.05) is 18.2 Å². The van der Waals surface area contributed by atoms with E-state index < -0.39 is 6.10 Å². The molecule has 17 heavy (non-hydrogen) atoms. The molecule has 0 aliphatic carbocycles. The van der Waals surface area contributed by atoms with Crippen LogP contribution in [0.2, 0.25) is 0 Å². The summed E-state index contributed by atoms with van der Waals surface area (Å²) in [6.07, 6.45) is -0.459. The minimum Gasteiger partial charge on any atom is -0.496 e. The maximum Gasteiger partial charge on any atom is 0.123 e. The van der Waals surface area contributed by atoms with Crippen molar-refractivity contribution in [3.05, 3.63) is 29.8 Å². The van der Waals surface area contributed by atoms with Crippen molar-refractivity contribution in [2.24, 2.45) is 0 Å². The van der Waals surface area contributed by atoms with E-state index in [1.165, 1.54) is 0 Å². The number of methoxy groups -OCH3 is 2. The van der Waals surface area contributed by atoms with Gasteiger partial charge < -0.3 is 14.6 Å². The summed E-state index contributed by atoms with van der Waals surface area (Å²) in [4.78, 5) is 2.04. The number of aliphatic hydroxyl groups is 1. The minimum absolute atomic E-state index is 0.357. The first kappa shape index (κ1) is 14.0. The Balaban J connectivity index is 2.52. The Morgan fingerprint density at radius 3 is 2.65 bits per heavy atom. The number of ether oxygens (including phenoxy) is 2. The lowest BCUT2D eigenvalue weighted by Gasteiger charge is -2.21. The van der Waals surface area contributed by atoms with E-state index in [-0.39, 0.29) is 0 Å². The molecule has 0 aliphatic rings. The number of rotatable bonds is 7. The largest absolute Gasteiger partial charge is 0.496 e. The summed E-state index contributed by atoms with van der Waals surface area (Å²) in [5, 5.41) is 9.63. The molecule has 0 spiro atoms. The summed E-state index contributed by atoms with van der Waals surface area (Å²) >= 11 is 0. The number of benzene rings is 1. The summed E-state index contributed by atoms with van der Waals surface area (Å²) in [6.45, 7) is 1.67. The summed E-state index contributed by atoms with van der Waals surface area (Å²) in [5.74, 6) is 0.876. The monoisotopic (exact) mass is 239 g/mol. The minimum atomic E-state index is -0.459. The van der Waals surface area contributed by atoms with Crippen molar-refractivity contribution in [1.82, 2.24) is 4.90 Å². The van der Waals surface area contributed by atoms with E-state index in [0.717, 1.165) is 17.9 Å². The predicted molar refractivity (Wildman–Crippen MR) is 67.2 cm³/mol. The molecule has 0 heterocycles. The van der Waals surface area contributed by atoms with Crippen molar-refractivity contribution >= 4 is 0 Å². The fourth-order valence-corrected chi connectivity index (χ4v) is 1.79. The molecule has 0 amide bonds. The van der Waals surface area contributed by atoms with Gasteiger partial charge in [-0.05, 0) is 13.1 Å². The molecule has 1 rings (SSSR count). The third-order valence-corrected chi connectivity index (χ3v) is 2.51. The molecule has 1 atom stereocenters. The summed E-state index contributed by atoms with van der Waals surface area (Å²) in [6, 6.07) is 7.90. The maximum atomic E-state index is 9.63. The highest BCUT2D eigenvalue weighted by atomic mass is 16.5. The second-order valence-corrected chi connectivity index (χ2v) is 4.12. The smallest absolute Gasteiger partial charge is 0.123 e. The van der Waals surface area contributed by atoms with Crippen LogP contribution in [0.1, 0.15) is 5.56 Å². The lowest BCUT2D eigenvalue weighted by atomic mass is 10.2. The van der Waals surface area contributed by atoms with Crippen LogP contribution in [0.3, 0.4) is 0 Å². The Labute approximate surface area is 103 Å². The van der Waals surface area contributed by atoms with Gasteiger partial charge in [-0.2, -0.15) is 0 Å². The van der Waals surface area contributed by atoms with Crippen molar-refractivity contribution in [2.45, 2.75) is 12.6 Å². The zero-order valence-corrected chi connectivity index (χ0v) is 10.7. The highest BCUT2D eigenvalue weighted by Gasteiger charge is 2.10. The molecule has 0 radical (unpaired) electrons. The SMILES string of the molecule is COCC(O)CN(C)Cc1ccccc1OC. The van der Waals surface area contributed by atoms with E-state index in [2.05, 4.69) is 0 Å². The number of nitrogens with zero attached hydrogens (tertiary/aromatic N) is 1. The van der Waals surface area contributed by atoms with Crippen LogP contribution in [-0.4, -0.2) is 50.5 Å². The number of hydrogen-bond acceptors (Lipinski definition) is 4. The van der Waals surface area contributed by atoms with Gasteiger partial charge >= 0.3 is 0 Å². The number of likely N-dealkylation sites (N-methyl/N-ethyl adjacent to an activating group) is 1. The fraction of sp³-hybridized carbons (Fsp3) is 0.538. The van der Waals surface area contributed by atoms with Crippen molar-refractivity contribution < 1.29 is 14.6 Å². The number of aliphatic hydroxyl groups excluding tert-OH is 1. The van der Waals surface area contributed by atoms with Gasteiger partial charge in [0.25, 0.3) is 0 Å². The average Bonchev–Trinajstić information content (AvgIpc) is 2.29. The van der Waals surface area contributed by atoms with Gasteiger partial charge in [-0.25, -0.2) is 0 Å². The molecule has 0 bridgehead atoms. The Kier molecular flexibility index (Phi) is 5.97. The average molecular weight is 239 g/mol. The molecule has 0 saturated heterocycles. The molecule has 96 valence electrons. The van der Waals surface area contributed by atoms with Crippen molar-refractivity contribution in [2.75, 3.05) is 34.4 Å².